The lowest BCUT2D eigenvalue weighted by Crippen LogP contribution is -2.41. The summed E-state index contributed by atoms with van der Waals surface area (Å²) in [4.78, 5) is 45.2. The van der Waals surface area contributed by atoms with Crippen LogP contribution in [0.4, 0.5) is 0 Å². The molecule has 2 amide bonds. The Balaban J connectivity index is 1.27. The molecule has 11 heteroatoms. The van der Waals surface area contributed by atoms with E-state index in [1.54, 1.807) is 66.7 Å². The number of amides is 2. The molecule has 0 saturated heterocycles. The van der Waals surface area contributed by atoms with E-state index in [-0.39, 0.29) is 6.42 Å². The molecule has 0 radical (unpaired) electrons. The molecule has 3 heterocycles. The van der Waals surface area contributed by atoms with Crippen molar-refractivity contribution in [3.05, 3.63) is 107 Å². The lowest BCUT2D eigenvalue weighted by Gasteiger charge is -2.14. The summed E-state index contributed by atoms with van der Waals surface area (Å²) < 4.78 is 1.57. The Morgan fingerprint density at radius 1 is 1.00 bits per heavy atom. The Morgan fingerprint density at radius 3 is 2.27 bits per heavy atom. The van der Waals surface area contributed by atoms with Gasteiger partial charge in [-0.25, -0.2) is 15.6 Å². The maximum absolute atomic E-state index is 12.6. The molecule has 0 saturated carbocycles. The van der Waals surface area contributed by atoms with Crippen LogP contribution in [0.25, 0.3) is 22.2 Å². The van der Waals surface area contributed by atoms with E-state index in [1.165, 1.54) is 0 Å². The Bertz CT molecular complexity index is 1800. The van der Waals surface area contributed by atoms with Crippen molar-refractivity contribution in [3.8, 4) is 23.1 Å². The second-order valence-corrected chi connectivity index (χ2v) is 9.19. The van der Waals surface area contributed by atoms with Gasteiger partial charge in [-0.2, -0.15) is 0 Å². The van der Waals surface area contributed by atoms with E-state index in [4.69, 9.17) is 5.84 Å². The Morgan fingerprint density at radius 2 is 1.66 bits per heavy atom. The number of hydrazine groups is 1. The Labute approximate surface area is 234 Å². The zero-order chi connectivity index (χ0) is 28.9. The maximum atomic E-state index is 12.6. The van der Waals surface area contributed by atoms with Gasteiger partial charge in [-0.05, 0) is 48.5 Å². The normalized spacial score (nSPS) is 12.6. The number of pyridine rings is 2. The Kier molecular flexibility index (Phi) is 7.58. The molecule has 202 valence electrons. The summed E-state index contributed by atoms with van der Waals surface area (Å²) in [5.74, 6) is 9.44. The lowest BCUT2D eigenvalue weighted by atomic mass is 10.0. The van der Waals surface area contributed by atoms with E-state index in [0.717, 1.165) is 11.1 Å². The van der Waals surface area contributed by atoms with Crippen LogP contribution in [0, 0.1) is 11.8 Å². The summed E-state index contributed by atoms with van der Waals surface area (Å²) in [6, 6.07) is 16.3. The molecule has 11 nitrogen and oxygen atoms in total. The average Bonchev–Trinajstić information content (AvgIpc) is 2.98. The lowest BCUT2D eigenvalue weighted by molar-refractivity contribution is -0.517. The number of carbonyl (C=O) groups excluding carboxylic acids is 2. The summed E-state index contributed by atoms with van der Waals surface area (Å²) in [6.45, 7) is 0. The van der Waals surface area contributed by atoms with Crippen LogP contribution in [0.5, 0.6) is 0 Å². The van der Waals surface area contributed by atoms with Crippen LogP contribution in [0.15, 0.2) is 90.1 Å². The van der Waals surface area contributed by atoms with Gasteiger partial charge in [0.05, 0.1) is 16.8 Å². The molecule has 0 bridgehead atoms. The summed E-state index contributed by atoms with van der Waals surface area (Å²) in [5.41, 5.74) is 6.93. The highest BCUT2D eigenvalue weighted by molar-refractivity contribution is 6.06. The zero-order valence-electron chi connectivity index (χ0n) is 21.8. The molecule has 1 unspecified atom stereocenters. The van der Waals surface area contributed by atoms with E-state index >= 15 is 0 Å². The Hall–Kier alpha value is -5.73. The third kappa shape index (κ3) is 6.13. The highest BCUT2D eigenvalue weighted by atomic mass is 16.4. The van der Waals surface area contributed by atoms with Crippen molar-refractivity contribution >= 4 is 28.7 Å². The van der Waals surface area contributed by atoms with Crippen LogP contribution >= 0.6 is 0 Å². The van der Waals surface area contributed by atoms with Crippen LogP contribution in [0.1, 0.15) is 38.3 Å². The van der Waals surface area contributed by atoms with Crippen molar-refractivity contribution < 1.29 is 24.2 Å². The van der Waals surface area contributed by atoms with Crippen molar-refractivity contribution in [3.63, 3.8) is 0 Å². The molecule has 5 N–H and O–H groups in total. The predicted molar refractivity (Wildman–Crippen MR) is 149 cm³/mol. The van der Waals surface area contributed by atoms with Gasteiger partial charge < -0.3 is 10.4 Å². The first-order chi connectivity index (χ1) is 19.8. The number of nitrogens with two attached hydrogens (primary N) is 1. The van der Waals surface area contributed by atoms with Gasteiger partial charge in [0.15, 0.2) is 12.7 Å². The molecule has 0 fully saturated rings. The first-order valence-corrected chi connectivity index (χ1v) is 12.5. The van der Waals surface area contributed by atoms with Crippen molar-refractivity contribution in [2.75, 3.05) is 7.05 Å². The third-order valence-corrected chi connectivity index (χ3v) is 6.30. The van der Waals surface area contributed by atoms with Crippen molar-refractivity contribution in [1.82, 2.24) is 20.7 Å². The van der Waals surface area contributed by atoms with Crippen LogP contribution in [-0.2, 0) is 4.79 Å². The number of carboxylic acid groups (broad SMARTS) is 1. The number of aliphatic carboxylic acids is 1. The molecule has 2 aromatic heterocycles. The van der Waals surface area contributed by atoms with Crippen molar-refractivity contribution in [2.24, 2.45) is 11.0 Å². The summed E-state index contributed by atoms with van der Waals surface area (Å²) in [7, 11) is 1.74. The minimum absolute atomic E-state index is 0.104. The quantitative estimate of drug-likeness (QED) is 0.0910. The zero-order valence-corrected chi connectivity index (χ0v) is 21.8. The van der Waals surface area contributed by atoms with Gasteiger partial charge in [0.1, 0.15) is 6.04 Å². The number of hydrogen-bond donors (Lipinski definition) is 4. The summed E-state index contributed by atoms with van der Waals surface area (Å²) >= 11 is 0. The highest BCUT2D eigenvalue weighted by Crippen LogP contribution is 2.24. The van der Waals surface area contributed by atoms with Gasteiger partial charge in [-0.15, -0.1) is 0 Å². The smallest absolute Gasteiger partial charge is 0.326 e. The van der Waals surface area contributed by atoms with E-state index in [2.05, 4.69) is 37.7 Å². The number of nitrogens with zero attached hydrogens (tertiary/aromatic N) is 4. The van der Waals surface area contributed by atoms with E-state index in [1.807, 2.05) is 24.3 Å². The van der Waals surface area contributed by atoms with E-state index < -0.39 is 23.8 Å². The molecule has 0 spiro atoms. The first kappa shape index (κ1) is 26.9. The summed E-state index contributed by atoms with van der Waals surface area (Å²) in [6.07, 6.45) is 5.00. The van der Waals surface area contributed by atoms with Crippen LogP contribution < -0.4 is 16.6 Å². The van der Waals surface area contributed by atoms with Gasteiger partial charge in [0, 0.05) is 51.6 Å². The molecular formula is C30H24N7O4+. The minimum atomic E-state index is -1.13. The number of nitrogen functional groups attached to an aromatic ring is 1. The van der Waals surface area contributed by atoms with Gasteiger partial charge >= 0.3 is 5.97 Å². The molecule has 41 heavy (non-hydrogen) atoms. The molecule has 2 aromatic carbocycles. The fourth-order valence-electron chi connectivity index (χ4n) is 4.22. The molecule has 1 aliphatic rings. The topological polar surface area (TPSA) is 163 Å². The number of benzene rings is 2. The predicted octanol–water partition coefficient (Wildman–Crippen LogP) is 2.82. The van der Waals surface area contributed by atoms with Gasteiger partial charge in [-0.1, -0.05) is 28.7 Å². The third-order valence-electron chi connectivity index (χ3n) is 6.30. The monoisotopic (exact) mass is 546 g/mol. The second-order valence-electron chi connectivity index (χ2n) is 9.19. The molecule has 4 aromatic rings. The molecule has 0 aliphatic carbocycles. The first-order valence-electron chi connectivity index (χ1n) is 12.5. The number of aromatic nitrogens is 2. The number of azo groups is 2. The summed E-state index contributed by atoms with van der Waals surface area (Å²) in [5, 5.41) is 16.7. The van der Waals surface area contributed by atoms with E-state index in [0.29, 0.717) is 39.0 Å². The fraction of sp³-hybridized carbons (Fsp3) is 0.100. The average molecular weight is 547 g/mol. The number of carbonyl (C=O) groups is 3. The highest BCUT2D eigenvalue weighted by Gasteiger charge is 2.27. The number of carboxylic acids is 1. The second kappa shape index (κ2) is 11.6. The standard InChI is InChI=1S/C30H23N7O4/c1-37-17-22(36-37)14-27(30(40)41)34-28(38)21-10-6-19(7-11-21)3-2-18-4-8-20(9-5-18)26-15-23(29(39)35-31)24-16-32-13-12-25(24)33-26/h4-13,15-17,27,31,36H,14H2,1H3,(H2,34,38,40,41)/p+1. The van der Waals surface area contributed by atoms with Crippen LogP contribution in [-0.4, -0.2) is 50.6 Å². The maximum Gasteiger partial charge on any atom is 0.326 e. The number of hydrogen-bond acceptors (Lipinski definition) is 7. The molecule has 5 rings (SSSR count). The number of nitrogens with one attached hydrogen (secondary N) is 2. The molecule has 1 atom stereocenters. The van der Waals surface area contributed by atoms with Gasteiger partial charge in [-0.3, -0.25) is 20.0 Å². The SMILES string of the molecule is C[N+]1=NC(CC(NC(=O)c2ccc(C#Cc3ccc(-c4cc(C(=O)NN)c5cnccc5n4)cc3)cc2)C(=O)O)=C1. The van der Waals surface area contributed by atoms with E-state index in [9.17, 15) is 19.5 Å². The van der Waals surface area contributed by atoms with Gasteiger partial charge in [0.25, 0.3) is 11.8 Å². The fourth-order valence-corrected chi connectivity index (χ4v) is 4.22. The minimum Gasteiger partial charge on any atom is -0.480 e. The number of rotatable bonds is 7. The number of fused-ring (bicyclic) bond motifs is 1. The largest absolute Gasteiger partial charge is 0.480 e. The van der Waals surface area contributed by atoms with Gasteiger partial charge in [0.2, 0.25) is 6.20 Å². The van der Waals surface area contributed by atoms with Crippen molar-refractivity contribution in [2.45, 2.75) is 12.5 Å². The molecule has 1 aliphatic heterocycles. The van der Waals surface area contributed by atoms with Crippen molar-refractivity contribution in [1.29, 1.82) is 0 Å². The van der Waals surface area contributed by atoms with Crippen LogP contribution in [0.3, 0.4) is 0 Å². The van der Waals surface area contributed by atoms with Crippen LogP contribution in [0.2, 0.25) is 0 Å². The molecular weight excluding hydrogens is 522 g/mol.